The highest BCUT2D eigenvalue weighted by Gasteiger charge is 2.38. The average molecular weight is 393 g/mol. The molecule has 0 bridgehead atoms. The van der Waals surface area contributed by atoms with Crippen LogP contribution in [-0.4, -0.2) is 27.0 Å². The van der Waals surface area contributed by atoms with Gasteiger partial charge in [-0.15, -0.1) is 0 Å². The summed E-state index contributed by atoms with van der Waals surface area (Å²) in [5.41, 5.74) is 1.38. The molecule has 1 heterocycles. The number of rotatable bonds is 6. The van der Waals surface area contributed by atoms with E-state index in [1.165, 1.54) is 12.8 Å². The predicted molar refractivity (Wildman–Crippen MR) is 94.9 cm³/mol. The Kier molecular flexibility index (Phi) is 5.12. The Morgan fingerprint density at radius 2 is 1.79 bits per heavy atom. The van der Waals surface area contributed by atoms with Crippen LogP contribution in [0.5, 0.6) is 0 Å². The molecule has 0 atom stereocenters. The first-order valence-electron chi connectivity index (χ1n) is 9.70. The van der Waals surface area contributed by atoms with Crippen LogP contribution in [0.25, 0.3) is 11.4 Å². The molecule has 1 aromatic heterocycles. The van der Waals surface area contributed by atoms with Gasteiger partial charge in [-0.3, -0.25) is 4.79 Å². The highest BCUT2D eigenvalue weighted by atomic mass is 19.4. The molecule has 1 aromatic carbocycles. The molecule has 2 aliphatic rings. The van der Waals surface area contributed by atoms with E-state index in [0.717, 1.165) is 31.2 Å². The van der Waals surface area contributed by atoms with Gasteiger partial charge in [0, 0.05) is 24.6 Å². The number of halogens is 3. The van der Waals surface area contributed by atoms with Gasteiger partial charge in [-0.1, -0.05) is 42.3 Å². The van der Waals surface area contributed by atoms with E-state index >= 15 is 0 Å². The number of alkyl halides is 3. The second kappa shape index (κ2) is 7.56. The van der Waals surface area contributed by atoms with E-state index in [9.17, 15) is 18.0 Å². The highest BCUT2D eigenvalue weighted by molar-refractivity contribution is 5.77. The van der Waals surface area contributed by atoms with E-state index in [1.807, 2.05) is 4.90 Å². The lowest BCUT2D eigenvalue weighted by Crippen LogP contribution is -2.33. The maximum atomic E-state index is 12.8. The molecule has 2 saturated carbocycles. The zero-order valence-electron chi connectivity index (χ0n) is 15.4. The summed E-state index contributed by atoms with van der Waals surface area (Å²) < 4.78 is 42.1. The monoisotopic (exact) mass is 393 g/mol. The normalized spacial score (nSPS) is 17.8. The smallest absolute Gasteiger partial charge is 0.335 e. The molecule has 2 fully saturated rings. The first-order valence-corrected chi connectivity index (χ1v) is 9.70. The van der Waals surface area contributed by atoms with Gasteiger partial charge in [-0.25, -0.2) is 0 Å². The summed E-state index contributed by atoms with van der Waals surface area (Å²) in [5.74, 6) is -0.733. The van der Waals surface area contributed by atoms with Crippen LogP contribution in [0.3, 0.4) is 0 Å². The van der Waals surface area contributed by atoms with Crippen LogP contribution in [0.1, 0.15) is 56.4 Å². The summed E-state index contributed by atoms with van der Waals surface area (Å²) >= 11 is 0. The minimum atomic E-state index is -4.66. The lowest BCUT2D eigenvalue weighted by atomic mass is 10.0. The van der Waals surface area contributed by atoms with Crippen LogP contribution in [-0.2, 0) is 17.5 Å². The van der Waals surface area contributed by atoms with E-state index in [1.54, 1.807) is 24.3 Å². The van der Waals surface area contributed by atoms with Crippen molar-refractivity contribution in [2.24, 2.45) is 5.92 Å². The van der Waals surface area contributed by atoms with Crippen LogP contribution in [0.4, 0.5) is 13.2 Å². The van der Waals surface area contributed by atoms with Gasteiger partial charge in [-0.2, -0.15) is 18.2 Å². The van der Waals surface area contributed by atoms with Crippen LogP contribution in [0.15, 0.2) is 28.8 Å². The Morgan fingerprint density at radius 1 is 1.11 bits per heavy atom. The van der Waals surface area contributed by atoms with Gasteiger partial charge in [-0.05, 0) is 37.2 Å². The van der Waals surface area contributed by atoms with Crippen LogP contribution in [0, 0.1) is 5.92 Å². The number of amides is 1. The summed E-state index contributed by atoms with van der Waals surface area (Å²) in [6, 6.07) is 7.24. The second-order valence-electron chi connectivity index (χ2n) is 7.73. The largest absolute Gasteiger partial charge is 0.471 e. The molecule has 8 heteroatoms. The second-order valence-corrected chi connectivity index (χ2v) is 7.73. The van der Waals surface area contributed by atoms with Gasteiger partial charge in [0.2, 0.25) is 11.7 Å². The Morgan fingerprint density at radius 3 is 2.36 bits per heavy atom. The summed E-state index contributed by atoms with van der Waals surface area (Å²) in [5, 5.41) is 3.40. The fourth-order valence-electron chi connectivity index (χ4n) is 3.80. The topological polar surface area (TPSA) is 59.2 Å². The summed E-state index contributed by atoms with van der Waals surface area (Å²) in [4.78, 5) is 18.1. The lowest BCUT2D eigenvalue weighted by Gasteiger charge is -2.24. The van der Waals surface area contributed by atoms with Gasteiger partial charge in [0.15, 0.2) is 0 Å². The average Bonchev–Trinajstić information content (AvgIpc) is 3.14. The molecule has 0 N–H and O–H groups in total. The third-order valence-electron chi connectivity index (χ3n) is 5.48. The zero-order valence-corrected chi connectivity index (χ0v) is 15.4. The van der Waals surface area contributed by atoms with Crippen molar-refractivity contribution in [2.75, 3.05) is 0 Å². The minimum absolute atomic E-state index is 0.102. The standard InChI is InChI=1S/C20H22F3N3O2/c21-20(22,23)19-24-18(25-28-19)15-7-5-14(6-8-15)12-26(16-9-10-16)17(27)11-13-3-1-2-4-13/h5-8,13,16H,1-4,9-12H2. The molecular weight excluding hydrogens is 371 g/mol. The molecule has 150 valence electrons. The van der Waals surface area contributed by atoms with E-state index in [4.69, 9.17) is 0 Å². The molecule has 5 nitrogen and oxygen atoms in total. The summed E-state index contributed by atoms with van der Waals surface area (Å²) in [6.07, 6.45) is 2.76. The van der Waals surface area contributed by atoms with E-state index in [-0.39, 0.29) is 11.7 Å². The molecule has 1 amide bonds. The molecule has 0 aliphatic heterocycles. The summed E-state index contributed by atoms with van der Waals surface area (Å²) in [7, 11) is 0. The number of hydrogen-bond acceptors (Lipinski definition) is 4. The van der Waals surface area contributed by atoms with Crippen molar-refractivity contribution in [2.45, 2.75) is 63.7 Å². The molecule has 2 aliphatic carbocycles. The van der Waals surface area contributed by atoms with Gasteiger partial charge < -0.3 is 9.42 Å². The molecule has 28 heavy (non-hydrogen) atoms. The maximum absolute atomic E-state index is 12.8. The first kappa shape index (κ1) is 19.0. The van der Waals surface area contributed by atoms with Gasteiger partial charge in [0.1, 0.15) is 0 Å². The predicted octanol–water partition coefficient (Wildman–Crippen LogP) is 4.83. The molecule has 4 rings (SSSR count). The number of hydrogen-bond donors (Lipinski definition) is 0. The van der Waals surface area contributed by atoms with Gasteiger partial charge >= 0.3 is 12.1 Å². The number of nitrogens with zero attached hydrogens (tertiary/aromatic N) is 3. The van der Waals surface area contributed by atoms with Crippen molar-refractivity contribution >= 4 is 5.91 Å². The van der Waals surface area contributed by atoms with Crippen molar-refractivity contribution in [3.05, 3.63) is 35.7 Å². The zero-order chi connectivity index (χ0) is 19.7. The fourth-order valence-corrected chi connectivity index (χ4v) is 3.80. The first-order chi connectivity index (χ1) is 13.4. The molecule has 2 aromatic rings. The van der Waals surface area contributed by atoms with Crippen LogP contribution in [0.2, 0.25) is 0 Å². The van der Waals surface area contributed by atoms with Crippen molar-refractivity contribution < 1.29 is 22.5 Å². The quantitative estimate of drug-likeness (QED) is 0.706. The Labute approximate surface area is 160 Å². The Hall–Kier alpha value is -2.38. The number of aromatic nitrogens is 2. The number of carbonyl (C=O) groups excluding carboxylic acids is 1. The van der Waals surface area contributed by atoms with Crippen LogP contribution >= 0.6 is 0 Å². The van der Waals surface area contributed by atoms with Gasteiger partial charge in [0.25, 0.3) is 0 Å². The maximum Gasteiger partial charge on any atom is 0.471 e. The molecule has 0 saturated heterocycles. The highest BCUT2D eigenvalue weighted by Crippen LogP contribution is 2.33. The summed E-state index contributed by atoms with van der Waals surface area (Å²) in [6.45, 7) is 0.524. The molecule has 0 radical (unpaired) electrons. The van der Waals surface area contributed by atoms with Gasteiger partial charge in [0.05, 0.1) is 0 Å². The number of benzene rings is 1. The third-order valence-corrected chi connectivity index (χ3v) is 5.48. The van der Waals surface area contributed by atoms with Crippen molar-refractivity contribution in [3.8, 4) is 11.4 Å². The Bertz CT molecular complexity index is 822. The third kappa shape index (κ3) is 4.36. The van der Waals surface area contributed by atoms with Crippen LogP contribution < -0.4 is 0 Å². The molecule has 0 unspecified atom stereocenters. The molecular formula is C20H22F3N3O2. The van der Waals surface area contributed by atoms with Crippen molar-refractivity contribution in [1.29, 1.82) is 0 Å². The van der Waals surface area contributed by atoms with Crippen molar-refractivity contribution in [1.82, 2.24) is 15.0 Å². The Balaban J connectivity index is 1.42. The van der Waals surface area contributed by atoms with Crippen molar-refractivity contribution in [3.63, 3.8) is 0 Å². The minimum Gasteiger partial charge on any atom is -0.335 e. The lowest BCUT2D eigenvalue weighted by molar-refractivity contribution is -0.159. The molecule has 0 spiro atoms. The van der Waals surface area contributed by atoms with E-state index in [0.29, 0.717) is 30.5 Å². The SMILES string of the molecule is O=C(CC1CCCC1)N(Cc1ccc(-c2noc(C(F)(F)F)n2)cc1)C1CC1. The van der Waals surface area contributed by atoms with E-state index in [2.05, 4.69) is 14.7 Å². The van der Waals surface area contributed by atoms with E-state index < -0.39 is 12.1 Å². The number of carbonyl (C=O) groups is 1. The fraction of sp³-hybridized carbons (Fsp3) is 0.550.